The van der Waals surface area contributed by atoms with Gasteiger partial charge in [-0.05, 0) is 50.2 Å². The zero-order chi connectivity index (χ0) is 28.5. The highest BCUT2D eigenvalue weighted by atomic mass is 35.5. The Kier molecular flexibility index (Phi) is 7.24. The van der Waals surface area contributed by atoms with Crippen LogP contribution in [0.3, 0.4) is 0 Å². The number of furan rings is 1. The number of piperazine rings is 1. The van der Waals surface area contributed by atoms with Gasteiger partial charge < -0.3 is 19.0 Å². The summed E-state index contributed by atoms with van der Waals surface area (Å²) in [6.07, 6.45) is 0. The first-order valence-corrected chi connectivity index (χ1v) is 14.0. The second-order valence-corrected chi connectivity index (χ2v) is 10.3. The average molecular weight is 569 g/mol. The van der Waals surface area contributed by atoms with Crippen LogP contribution in [0.1, 0.15) is 33.5 Å². The van der Waals surface area contributed by atoms with Gasteiger partial charge in [-0.15, -0.1) is 0 Å². The number of hydrogen-bond donors (Lipinski definition) is 0. The fraction of sp³-hybridized carbons (Fsp3) is 0.219. The first kappa shape index (κ1) is 26.7. The second-order valence-electron chi connectivity index (χ2n) is 9.88. The number of carbonyl (C=O) groups is 2. The van der Waals surface area contributed by atoms with Gasteiger partial charge >= 0.3 is 5.97 Å². The van der Waals surface area contributed by atoms with E-state index in [0.717, 1.165) is 33.5 Å². The summed E-state index contributed by atoms with van der Waals surface area (Å²) in [5.41, 5.74) is 5.16. The monoisotopic (exact) mass is 568 g/mol. The molecule has 5 aromatic rings. The SMILES string of the molecule is CCOC(=O)c1cc(-c2ccc(N3CCN(C(=O)c4oc5ccccc5c4C)CC3)cc2)n(-c2ccccc2Cl)n1. The smallest absolute Gasteiger partial charge is 0.358 e. The number of halogens is 1. The van der Waals surface area contributed by atoms with Crippen LogP contribution >= 0.6 is 11.6 Å². The molecule has 3 heterocycles. The molecule has 1 aliphatic heterocycles. The molecular weight excluding hydrogens is 540 g/mol. The summed E-state index contributed by atoms with van der Waals surface area (Å²) in [5.74, 6) is -0.137. The van der Waals surface area contributed by atoms with Crippen LogP contribution in [0.5, 0.6) is 0 Å². The number of ether oxygens (including phenoxy) is 1. The number of benzene rings is 3. The van der Waals surface area contributed by atoms with E-state index >= 15 is 0 Å². The van der Waals surface area contributed by atoms with Crippen molar-refractivity contribution in [3.8, 4) is 16.9 Å². The third kappa shape index (κ3) is 5.07. The van der Waals surface area contributed by atoms with Gasteiger partial charge in [-0.25, -0.2) is 9.48 Å². The maximum atomic E-state index is 13.3. The molecular formula is C32H29ClN4O4. The number of amides is 1. The Labute approximate surface area is 242 Å². The van der Waals surface area contributed by atoms with Crippen LogP contribution in [0.2, 0.25) is 5.02 Å². The van der Waals surface area contributed by atoms with Gasteiger partial charge in [0.05, 0.1) is 23.0 Å². The number of anilines is 1. The Hall–Kier alpha value is -4.56. The lowest BCUT2D eigenvalue weighted by atomic mass is 10.1. The number of esters is 1. The lowest BCUT2D eigenvalue weighted by molar-refractivity contribution is 0.0518. The first-order chi connectivity index (χ1) is 19.9. The van der Waals surface area contributed by atoms with Crippen molar-refractivity contribution in [2.24, 2.45) is 0 Å². The fourth-order valence-corrected chi connectivity index (χ4v) is 5.45. The van der Waals surface area contributed by atoms with Crippen LogP contribution < -0.4 is 4.90 Å². The van der Waals surface area contributed by atoms with Gasteiger partial charge in [-0.3, -0.25) is 4.79 Å². The molecule has 1 aliphatic rings. The molecule has 8 nitrogen and oxygen atoms in total. The van der Waals surface area contributed by atoms with E-state index in [1.165, 1.54) is 0 Å². The van der Waals surface area contributed by atoms with Crippen molar-refractivity contribution in [2.45, 2.75) is 13.8 Å². The zero-order valence-corrected chi connectivity index (χ0v) is 23.6. The number of rotatable bonds is 6. The van der Waals surface area contributed by atoms with Crippen molar-refractivity contribution in [1.82, 2.24) is 14.7 Å². The third-order valence-corrected chi connectivity index (χ3v) is 7.73. The topological polar surface area (TPSA) is 80.8 Å². The maximum Gasteiger partial charge on any atom is 0.358 e. The van der Waals surface area contributed by atoms with Crippen molar-refractivity contribution >= 4 is 40.1 Å². The number of aryl methyl sites for hydroxylation is 1. The fourth-order valence-electron chi connectivity index (χ4n) is 5.23. The van der Waals surface area contributed by atoms with Gasteiger partial charge in [0.25, 0.3) is 5.91 Å². The first-order valence-electron chi connectivity index (χ1n) is 13.6. The van der Waals surface area contributed by atoms with Crippen LogP contribution in [0.4, 0.5) is 5.69 Å². The van der Waals surface area contributed by atoms with Crippen LogP contribution in [0, 0.1) is 6.92 Å². The summed E-state index contributed by atoms with van der Waals surface area (Å²) in [4.78, 5) is 29.9. The standard InChI is InChI=1S/C32H29ClN4O4/c1-3-40-32(39)26-20-28(37(34-26)27-10-6-5-9-25(27)33)22-12-14-23(15-13-22)35-16-18-36(19-17-35)31(38)30-21(2)24-8-4-7-11-29(24)41-30/h4-15,20H,3,16-19H2,1-2H3. The van der Waals surface area contributed by atoms with Gasteiger partial charge in [-0.2, -0.15) is 5.10 Å². The number of carbonyl (C=O) groups excluding carboxylic acids is 2. The number of hydrogen-bond acceptors (Lipinski definition) is 6. The molecule has 0 N–H and O–H groups in total. The van der Waals surface area contributed by atoms with Crippen LogP contribution in [-0.4, -0.2) is 59.3 Å². The predicted molar refractivity (Wildman–Crippen MR) is 159 cm³/mol. The van der Waals surface area contributed by atoms with Crippen molar-refractivity contribution in [3.05, 3.63) is 101 Å². The van der Waals surface area contributed by atoms with Crippen molar-refractivity contribution in [2.75, 3.05) is 37.7 Å². The summed E-state index contributed by atoms with van der Waals surface area (Å²) in [6.45, 7) is 6.56. The molecule has 41 heavy (non-hydrogen) atoms. The molecule has 208 valence electrons. The van der Waals surface area contributed by atoms with E-state index in [0.29, 0.717) is 42.6 Å². The number of aromatic nitrogens is 2. The molecule has 0 atom stereocenters. The van der Waals surface area contributed by atoms with E-state index in [2.05, 4.69) is 10.00 Å². The normalized spacial score (nSPS) is 13.5. The highest BCUT2D eigenvalue weighted by molar-refractivity contribution is 6.32. The molecule has 0 unspecified atom stereocenters. The van der Waals surface area contributed by atoms with Gasteiger partial charge in [0.15, 0.2) is 11.5 Å². The van der Waals surface area contributed by atoms with Gasteiger partial charge in [0.2, 0.25) is 0 Å². The molecule has 3 aromatic carbocycles. The van der Waals surface area contributed by atoms with Crippen molar-refractivity contribution in [1.29, 1.82) is 0 Å². The number of para-hydroxylation sites is 2. The van der Waals surface area contributed by atoms with E-state index in [4.69, 9.17) is 20.8 Å². The summed E-state index contributed by atoms with van der Waals surface area (Å²) < 4.78 is 12.8. The molecule has 2 aromatic heterocycles. The lowest BCUT2D eigenvalue weighted by Gasteiger charge is -2.35. The predicted octanol–water partition coefficient (Wildman–Crippen LogP) is 6.39. The molecule has 1 amide bonds. The highest BCUT2D eigenvalue weighted by Gasteiger charge is 2.27. The van der Waals surface area contributed by atoms with E-state index in [1.54, 1.807) is 23.7 Å². The van der Waals surface area contributed by atoms with E-state index < -0.39 is 5.97 Å². The van der Waals surface area contributed by atoms with E-state index in [9.17, 15) is 9.59 Å². The van der Waals surface area contributed by atoms with Crippen LogP contribution in [0.25, 0.3) is 27.9 Å². The molecule has 0 saturated carbocycles. The summed E-state index contributed by atoms with van der Waals surface area (Å²) in [7, 11) is 0. The Morgan fingerprint density at radius 3 is 2.37 bits per heavy atom. The van der Waals surface area contributed by atoms with E-state index in [1.807, 2.05) is 78.6 Å². The van der Waals surface area contributed by atoms with Crippen LogP contribution in [0.15, 0.2) is 83.3 Å². The number of nitrogens with zero attached hydrogens (tertiary/aromatic N) is 4. The highest BCUT2D eigenvalue weighted by Crippen LogP contribution is 2.31. The lowest BCUT2D eigenvalue weighted by Crippen LogP contribution is -2.48. The molecule has 9 heteroatoms. The summed E-state index contributed by atoms with van der Waals surface area (Å²) in [5, 5.41) is 6.01. The maximum absolute atomic E-state index is 13.3. The van der Waals surface area contributed by atoms with Crippen molar-refractivity contribution < 1.29 is 18.7 Å². The Morgan fingerprint density at radius 2 is 1.66 bits per heavy atom. The molecule has 0 aliphatic carbocycles. The zero-order valence-electron chi connectivity index (χ0n) is 22.8. The van der Waals surface area contributed by atoms with E-state index in [-0.39, 0.29) is 18.2 Å². The second kappa shape index (κ2) is 11.1. The Balaban J connectivity index is 1.20. The minimum absolute atomic E-state index is 0.0704. The molecule has 0 spiro atoms. The molecule has 1 fully saturated rings. The summed E-state index contributed by atoms with van der Waals surface area (Å²) >= 11 is 6.48. The number of fused-ring (bicyclic) bond motifs is 1. The minimum Gasteiger partial charge on any atom is -0.461 e. The van der Waals surface area contributed by atoms with Gasteiger partial charge in [-0.1, -0.05) is 54.1 Å². The molecule has 0 bridgehead atoms. The minimum atomic E-state index is -0.485. The van der Waals surface area contributed by atoms with Crippen molar-refractivity contribution in [3.63, 3.8) is 0 Å². The quantitative estimate of drug-likeness (QED) is 0.221. The third-order valence-electron chi connectivity index (χ3n) is 7.41. The van der Waals surface area contributed by atoms with Crippen LogP contribution in [-0.2, 0) is 4.74 Å². The Bertz CT molecular complexity index is 1730. The molecule has 0 radical (unpaired) electrons. The largest absolute Gasteiger partial charge is 0.461 e. The average Bonchev–Trinajstić information content (AvgIpc) is 3.59. The van der Waals surface area contributed by atoms with Gasteiger partial charge in [0.1, 0.15) is 5.58 Å². The Morgan fingerprint density at radius 1 is 0.951 bits per heavy atom. The molecule has 1 saturated heterocycles. The summed E-state index contributed by atoms with van der Waals surface area (Å²) in [6, 6.07) is 24.9. The molecule has 6 rings (SSSR count). The van der Waals surface area contributed by atoms with Gasteiger partial charge in [0, 0.05) is 48.4 Å².